The van der Waals surface area contributed by atoms with Crippen LogP contribution in [-0.4, -0.2) is 13.7 Å². The molecule has 0 unspecified atom stereocenters. The van der Waals surface area contributed by atoms with Gasteiger partial charge in [0.25, 0.3) is 0 Å². The highest BCUT2D eigenvalue weighted by atomic mass is 19.1. The van der Waals surface area contributed by atoms with Crippen LogP contribution in [0.2, 0.25) is 0 Å². The molecule has 0 atom stereocenters. The number of halogens is 1. The number of benzene rings is 14. The SMILES string of the molecule is N#Cc1ccc2c(c1)-c1ccccc1C2.N#Cc1ccc2c(c1)c1ccccc1n2-c1cccc(-c2cccc(-c3c(F)cccc3C#N)c2)c1.[C-]#[N+]c1ccc2c(c1)c1ccccc1n2-c1cccc(C#N)c1-c1cccc(-c2cccc(-n3c4ccccc4c4cc(C#N)ccc43)c2)c1. The molecule has 18 rings (SSSR count). The number of nitrogens with zero attached hydrogens (tertiary/aromatic N) is 9. The Morgan fingerprint density at radius 3 is 1.29 bits per heavy atom. The summed E-state index contributed by atoms with van der Waals surface area (Å²) in [5.41, 5.74) is 24.5. The zero-order valence-electron chi connectivity index (χ0n) is 54.0. The van der Waals surface area contributed by atoms with Crippen molar-refractivity contribution in [2.75, 3.05) is 0 Å². The first-order valence-corrected chi connectivity index (χ1v) is 32.8. The van der Waals surface area contributed by atoms with Crippen LogP contribution in [0.15, 0.2) is 303 Å². The second kappa shape index (κ2) is 25.8. The summed E-state index contributed by atoms with van der Waals surface area (Å²) in [4.78, 5) is 3.68. The maximum atomic E-state index is 14.7. The molecular weight excluding hydrogens is 1240 g/mol. The van der Waals surface area contributed by atoms with Crippen molar-refractivity contribution in [2.24, 2.45) is 0 Å². The van der Waals surface area contributed by atoms with E-state index < -0.39 is 5.82 Å². The Morgan fingerprint density at radius 2 is 0.723 bits per heavy atom. The number of fused-ring (bicyclic) bond motifs is 12. The highest BCUT2D eigenvalue weighted by Crippen LogP contribution is 2.43. The van der Waals surface area contributed by atoms with E-state index in [1.807, 2.05) is 164 Å². The predicted molar refractivity (Wildman–Crippen MR) is 402 cm³/mol. The van der Waals surface area contributed by atoms with Crippen molar-refractivity contribution in [3.8, 4) is 103 Å². The summed E-state index contributed by atoms with van der Waals surface area (Å²) in [5, 5.41) is 54.1. The summed E-state index contributed by atoms with van der Waals surface area (Å²) >= 11 is 0. The lowest BCUT2D eigenvalue weighted by molar-refractivity contribution is 0.631. The molecule has 0 radical (unpaired) electrons. The van der Waals surface area contributed by atoms with Gasteiger partial charge in [-0.25, -0.2) is 9.24 Å². The first-order chi connectivity index (χ1) is 49.7. The van der Waals surface area contributed by atoms with Crippen LogP contribution in [0.25, 0.3) is 143 Å². The predicted octanol–water partition coefficient (Wildman–Crippen LogP) is 22.6. The van der Waals surface area contributed by atoms with Gasteiger partial charge in [0.1, 0.15) is 5.82 Å². The Morgan fingerprint density at radius 1 is 0.307 bits per heavy atom. The minimum absolute atomic E-state index is 0.308. The van der Waals surface area contributed by atoms with Gasteiger partial charge in [-0.1, -0.05) is 164 Å². The largest absolute Gasteiger partial charge is 0.309 e. The maximum Gasteiger partial charge on any atom is 0.188 e. The third kappa shape index (κ3) is 10.9. The van der Waals surface area contributed by atoms with E-state index in [9.17, 15) is 25.4 Å². The zero-order chi connectivity index (χ0) is 68.7. The first-order valence-electron chi connectivity index (χ1n) is 32.8. The summed E-state index contributed by atoms with van der Waals surface area (Å²) in [7, 11) is 0. The summed E-state index contributed by atoms with van der Waals surface area (Å²) in [5.74, 6) is -0.415. The molecule has 14 aromatic carbocycles. The summed E-state index contributed by atoms with van der Waals surface area (Å²) in [6.07, 6.45) is 0.997. The third-order valence-electron chi connectivity index (χ3n) is 19.0. The molecule has 3 aromatic heterocycles. The second-order valence-corrected chi connectivity index (χ2v) is 24.7. The number of rotatable bonds is 7. The average molecular weight is 1290 g/mol. The Bertz CT molecular complexity index is 6560. The van der Waals surface area contributed by atoms with E-state index in [1.165, 1.54) is 28.3 Å². The topological polar surface area (TPSA) is 138 Å². The van der Waals surface area contributed by atoms with E-state index in [-0.39, 0.29) is 0 Å². The number of para-hydroxylation sites is 3. The van der Waals surface area contributed by atoms with Crippen molar-refractivity contribution >= 4 is 71.1 Å². The fraction of sp³-hybridized carbons (Fsp3) is 0.0110. The van der Waals surface area contributed by atoms with Gasteiger partial charge >= 0.3 is 0 Å². The Kier molecular flexibility index (Phi) is 15.7. The van der Waals surface area contributed by atoms with Crippen LogP contribution in [0.5, 0.6) is 0 Å². The molecule has 1 aliphatic rings. The van der Waals surface area contributed by atoms with Crippen LogP contribution in [-0.2, 0) is 6.42 Å². The van der Waals surface area contributed by atoms with Gasteiger partial charge in [-0.15, -0.1) is 0 Å². The van der Waals surface area contributed by atoms with Gasteiger partial charge in [0.2, 0.25) is 0 Å². The number of hydrogen-bond donors (Lipinski definition) is 0. The van der Waals surface area contributed by atoms with Gasteiger partial charge in [0.15, 0.2) is 5.69 Å². The van der Waals surface area contributed by atoms with E-state index in [0.717, 1.165) is 128 Å². The molecule has 0 aliphatic heterocycles. The van der Waals surface area contributed by atoms with Crippen LogP contribution in [0, 0.1) is 69.0 Å². The Hall–Kier alpha value is -14.7. The Balaban J connectivity index is 0.000000134. The van der Waals surface area contributed by atoms with Gasteiger partial charge < -0.3 is 13.7 Å². The molecule has 10 heteroatoms. The maximum absolute atomic E-state index is 14.7. The van der Waals surface area contributed by atoms with E-state index in [2.05, 4.69) is 170 Å². The summed E-state index contributed by atoms with van der Waals surface area (Å²) < 4.78 is 21.3. The average Bonchev–Trinajstić information content (AvgIpc) is 1.64. The molecule has 0 N–H and O–H groups in total. The third-order valence-corrected chi connectivity index (χ3v) is 19.0. The normalized spacial score (nSPS) is 11.1. The lowest BCUT2D eigenvalue weighted by Crippen LogP contribution is -1.99. The molecular formula is C91H52FN9. The molecule has 0 saturated carbocycles. The van der Waals surface area contributed by atoms with Crippen LogP contribution < -0.4 is 0 Å². The van der Waals surface area contributed by atoms with Gasteiger partial charge in [-0.05, 0) is 207 Å². The molecule has 1 aliphatic carbocycles. The minimum atomic E-state index is -0.415. The number of nitriles is 5. The van der Waals surface area contributed by atoms with Crippen molar-refractivity contribution in [2.45, 2.75) is 6.42 Å². The van der Waals surface area contributed by atoms with E-state index in [4.69, 9.17) is 11.8 Å². The fourth-order valence-corrected chi connectivity index (χ4v) is 14.5. The zero-order valence-corrected chi connectivity index (χ0v) is 54.0. The lowest BCUT2D eigenvalue weighted by atomic mass is 9.94. The van der Waals surface area contributed by atoms with Crippen molar-refractivity contribution in [1.82, 2.24) is 13.7 Å². The number of hydrogen-bond acceptors (Lipinski definition) is 5. The van der Waals surface area contributed by atoms with Crippen LogP contribution in [0.3, 0.4) is 0 Å². The van der Waals surface area contributed by atoms with Gasteiger partial charge in [0, 0.05) is 49.4 Å². The molecule has 0 amide bonds. The molecule has 9 nitrogen and oxygen atoms in total. The molecule has 0 spiro atoms. The van der Waals surface area contributed by atoms with Crippen molar-refractivity contribution < 1.29 is 4.39 Å². The van der Waals surface area contributed by atoms with Crippen molar-refractivity contribution in [3.05, 3.63) is 359 Å². The van der Waals surface area contributed by atoms with Crippen LogP contribution in [0.1, 0.15) is 38.9 Å². The molecule has 0 bridgehead atoms. The summed E-state index contributed by atoms with van der Waals surface area (Å²) in [6, 6.07) is 111. The standard InChI is InChI=1S/C45H25N5.C32H18FN3.C14H9N/c1-48-34-20-22-43-39(26-34)37-15-3-5-17-41(37)50(43)44-18-8-12-33(28-47)45(44)32-11-6-9-30(24-32)31-10-7-13-35(25-31)49-40-16-4-2-14-36(40)38-23-29(27-46)19-21-42(38)49;33-29-12-5-9-25(20-35)32(29)24-8-3-6-22(17-24)23-7-4-10-26(18-23)36-30-13-2-1-11-27(30)28-16-21(19-34)14-15-31(28)36;15-9-10-5-6-12-8-11-3-1-2-4-13(11)14(12)7-10/h2-26H;1-18H;1-7H,8H2. The van der Waals surface area contributed by atoms with Crippen molar-refractivity contribution in [1.29, 1.82) is 26.3 Å². The molecule has 0 saturated heterocycles. The van der Waals surface area contributed by atoms with Crippen LogP contribution >= 0.6 is 0 Å². The number of aromatic nitrogens is 3. The van der Waals surface area contributed by atoms with E-state index in [1.54, 1.807) is 12.1 Å². The molecule has 0 fully saturated rings. The first kappa shape index (κ1) is 61.2. The molecule has 17 aromatic rings. The van der Waals surface area contributed by atoms with Crippen molar-refractivity contribution in [3.63, 3.8) is 0 Å². The highest BCUT2D eigenvalue weighted by Gasteiger charge is 2.22. The monoisotopic (exact) mass is 1290 g/mol. The highest BCUT2D eigenvalue weighted by molar-refractivity contribution is 6.12. The lowest BCUT2D eigenvalue weighted by Gasteiger charge is -2.16. The smallest absolute Gasteiger partial charge is 0.188 e. The molecule has 3 heterocycles. The molecule has 468 valence electrons. The van der Waals surface area contributed by atoms with Gasteiger partial charge in [-0.2, -0.15) is 26.3 Å². The molecule has 101 heavy (non-hydrogen) atoms. The van der Waals surface area contributed by atoms with Gasteiger partial charge in [0.05, 0.1) is 104 Å². The van der Waals surface area contributed by atoms with Crippen LogP contribution in [0.4, 0.5) is 10.1 Å². The second-order valence-electron chi connectivity index (χ2n) is 24.7. The van der Waals surface area contributed by atoms with Gasteiger partial charge in [-0.3, -0.25) is 0 Å². The van der Waals surface area contributed by atoms with E-state index in [0.29, 0.717) is 39.1 Å². The fourth-order valence-electron chi connectivity index (χ4n) is 14.5. The Labute approximate surface area is 581 Å². The van der Waals surface area contributed by atoms with E-state index >= 15 is 0 Å². The minimum Gasteiger partial charge on any atom is -0.309 e. The summed E-state index contributed by atoms with van der Waals surface area (Å²) in [6.45, 7) is 7.60. The quantitative estimate of drug-likeness (QED) is 0.146.